The molecule has 2 amide bonds. The number of hydrogen-bond acceptors (Lipinski definition) is 5. The maximum atomic E-state index is 12.9. The first-order valence-corrected chi connectivity index (χ1v) is 9.21. The van der Waals surface area contributed by atoms with Crippen LogP contribution in [0.2, 0.25) is 10.0 Å². The third kappa shape index (κ3) is 7.09. The molecule has 166 valence electrons. The molecule has 8 nitrogen and oxygen atoms in total. The Morgan fingerprint density at radius 2 is 1.68 bits per heavy atom. The summed E-state index contributed by atoms with van der Waals surface area (Å²) in [4.78, 5) is 35.9. The van der Waals surface area contributed by atoms with Crippen molar-refractivity contribution in [3.8, 4) is 0 Å². The van der Waals surface area contributed by atoms with Crippen molar-refractivity contribution in [2.45, 2.75) is 6.18 Å². The smallest absolute Gasteiger partial charge is 0.325 e. The summed E-state index contributed by atoms with van der Waals surface area (Å²) in [6.45, 7) is -0.666. The normalized spacial score (nSPS) is 11.3. The van der Waals surface area contributed by atoms with Crippen LogP contribution in [0.1, 0.15) is 5.56 Å². The summed E-state index contributed by atoms with van der Waals surface area (Å²) >= 11 is 11.3. The van der Waals surface area contributed by atoms with Crippen molar-refractivity contribution < 1.29 is 27.7 Å². The van der Waals surface area contributed by atoms with Crippen molar-refractivity contribution >= 4 is 52.1 Å². The van der Waals surface area contributed by atoms with E-state index in [9.17, 15) is 32.9 Å². The molecular weight excluding hydrogens is 464 g/mol. The molecule has 0 unspecified atom stereocenters. The first-order valence-electron chi connectivity index (χ1n) is 8.45. The van der Waals surface area contributed by atoms with Gasteiger partial charge in [-0.2, -0.15) is 13.2 Å². The number of hydrogen-bond donors (Lipinski definition) is 2. The fourth-order valence-electron chi connectivity index (χ4n) is 2.52. The molecule has 2 N–H and O–H groups in total. The van der Waals surface area contributed by atoms with E-state index >= 15 is 0 Å². The fraction of sp³-hybridized carbons (Fsp3) is 0.222. The van der Waals surface area contributed by atoms with E-state index in [1.807, 2.05) is 0 Å². The van der Waals surface area contributed by atoms with Gasteiger partial charge in [0, 0.05) is 16.8 Å². The maximum absolute atomic E-state index is 12.9. The number of nitrogens with one attached hydrogen (secondary N) is 2. The van der Waals surface area contributed by atoms with Crippen LogP contribution in [0.15, 0.2) is 36.4 Å². The van der Waals surface area contributed by atoms with Gasteiger partial charge >= 0.3 is 6.18 Å². The highest BCUT2D eigenvalue weighted by molar-refractivity contribution is 6.31. The van der Waals surface area contributed by atoms with Crippen LogP contribution in [-0.4, -0.2) is 41.8 Å². The number of nitrogens with zero attached hydrogens (tertiary/aromatic N) is 2. The molecule has 0 atom stereocenters. The first kappa shape index (κ1) is 24.4. The van der Waals surface area contributed by atoms with Crippen LogP contribution in [0.4, 0.5) is 30.2 Å². The Balaban J connectivity index is 1.96. The number of carbonyl (C=O) groups excluding carboxylic acids is 2. The second-order valence-electron chi connectivity index (χ2n) is 6.38. The third-order valence-electron chi connectivity index (χ3n) is 3.81. The number of likely N-dealkylation sites (N-methyl/N-ethyl adjacent to an activating group) is 1. The summed E-state index contributed by atoms with van der Waals surface area (Å²) < 4.78 is 38.7. The zero-order chi connectivity index (χ0) is 23.3. The number of rotatable bonds is 7. The second kappa shape index (κ2) is 9.94. The lowest BCUT2D eigenvalue weighted by Gasteiger charge is -2.17. The molecule has 0 aliphatic rings. The number of alkyl halides is 3. The van der Waals surface area contributed by atoms with E-state index < -0.39 is 33.5 Å². The molecule has 0 radical (unpaired) electrons. The van der Waals surface area contributed by atoms with E-state index in [4.69, 9.17) is 23.2 Å². The van der Waals surface area contributed by atoms with Gasteiger partial charge in [0.2, 0.25) is 11.8 Å². The van der Waals surface area contributed by atoms with Crippen molar-refractivity contribution in [3.05, 3.63) is 62.1 Å². The zero-order valence-electron chi connectivity index (χ0n) is 15.8. The minimum absolute atomic E-state index is 0.110. The van der Waals surface area contributed by atoms with Crippen molar-refractivity contribution in [1.29, 1.82) is 0 Å². The predicted molar refractivity (Wildman–Crippen MR) is 109 cm³/mol. The quantitative estimate of drug-likeness (QED) is 0.452. The Labute approximate surface area is 184 Å². The van der Waals surface area contributed by atoms with E-state index in [1.54, 1.807) is 0 Å². The Kier molecular flexibility index (Phi) is 7.82. The molecule has 0 saturated carbocycles. The number of anilines is 2. The maximum Gasteiger partial charge on any atom is 0.417 e. The monoisotopic (exact) mass is 478 g/mol. The molecule has 0 aromatic heterocycles. The number of carbonyl (C=O) groups is 2. The van der Waals surface area contributed by atoms with E-state index in [0.29, 0.717) is 6.07 Å². The highest BCUT2D eigenvalue weighted by Crippen LogP contribution is 2.36. The zero-order valence-corrected chi connectivity index (χ0v) is 17.3. The molecule has 13 heteroatoms. The number of nitro benzene ring substituents is 1. The molecule has 2 aromatic carbocycles. The molecule has 31 heavy (non-hydrogen) atoms. The summed E-state index contributed by atoms with van der Waals surface area (Å²) in [6, 6.07) is 6.56. The van der Waals surface area contributed by atoms with Gasteiger partial charge in [0.25, 0.3) is 5.69 Å². The van der Waals surface area contributed by atoms with Gasteiger partial charge in [-0.1, -0.05) is 23.2 Å². The third-order valence-corrected chi connectivity index (χ3v) is 4.38. The first-order chi connectivity index (χ1) is 14.4. The van der Waals surface area contributed by atoms with Crippen LogP contribution < -0.4 is 10.6 Å². The second-order valence-corrected chi connectivity index (χ2v) is 7.22. The van der Waals surface area contributed by atoms with Crippen LogP contribution in [-0.2, 0) is 15.8 Å². The van der Waals surface area contributed by atoms with Crippen molar-refractivity contribution in [1.82, 2.24) is 4.90 Å². The standard InChI is InChI=1S/C18H15Cl2F3N4O4/c1-26(9-17(29)25-14-6-10(19)2-5-15(14)27(30)31)8-16(28)24-11-3-4-13(20)12(7-11)18(21,22)23/h2-7H,8-9H2,1H3,(H,24,28)(H,25,29). The summed E-state index contributed by atoms with van der Waals surface area (Å²) in [6.07, 6.45) is -4.68. The van der Waals surface area contributed by atoms with E-state index in [2.05, 4.69) is 10.6 Å². The van der Waals surface area contributed by atoms with Crippen LogP contribution in [0.5, 0.6) is 0 Å². The van der Waals surface area contributed by atoms with Crippen molar-refractivity contribution in [2.24, 2.45) is 0 Å². The van der Waals surface area contributed by atoms with Crippen LogP contribution in [0, 0.1) is 10.1 Å². The van der Waals surface area contributed by atoms with Crippen molar-refractivity contribution in [2.75, 3.05) is 30.8 Å². The molecule has 2 rings (SSSR count). The van der Waals surface area contributed by atoms with Gasteiger partial charge in [-0.3, -0.25) is 24.6 Å². The molecule has 2 aromatic rings. The lowest BCUT2D eigenvalue weighted by Crippen LogP contribution is -2.36. The van der Waals surface area contributed by atoms with Gasteiger partial charge in [0.05, 0.1) is 28.6 Å². The molecule has 0 aliphatic carbocycles. The Morgan fingerprint density at radius 3 is 2.26 bits per heavy atom. The van der Waals surface area contributed by atoms with Gasteiger partial charge in [0.15, 0.2) is 0 Å². The highest BCUT2D eigenvalue weighted by atomic mass is 35.5. The number of nitro groups is 1. The molecule has 0 spiro atoms. The van der Waals surface area contributed by atoms with Crippen LogP contribution >= 0.6 is 23.2 Å². The van der Waals surface area contributed by atoms with Crippen LogP contribution in [0.3, 0.4) is 0 Å². The van der Waals surface area contributed by atoms with Gasteiger partial charge in [0.1, 0.15) is 5.69 Å². The van der Waals surface area contributed by atoms with Gasteiger partial charge < -0.3 is 10.6 Å². The minimum atomic E-state index is -4.68. The Hall–Kier alpha value is -2.89. The molecule has 0 heterocycles. The van der Waals surface area contributed by atoms with Crippen molar-refractivity contribution in [3.63, 3.8) is 0 Å². The lowest BCUT2D eigenvalue weighted by atomic mass is 10.2. The molecule has 0 saturated heterocycles. The fourth-order valence-corrected chi connectivity index (χ4v) is 2.92. The van der Waals surface area contributed by atoms with Crippen LogP contribution in [0.25, 0.3) is 0 Å². The van der Waals surface area contributed by atoms with E-state index in [1.165, 1.54) is 30.1 Å². The predicted octanol–water partition coefficient (Wildman–Crippen LogP) is 4.43. The van der Waals surface area contributed by atoms with Gasteiger partial charge in [-0.05, 0) is 37.4 Å². The van der Waals surface area contributed by atoms with E-state index in [-0.39, 0.29) is 35.2 Å². The summed E-state index contributed by atoms with van der Waals surface area (Å²) in [5, 5.41) is 15.3. The molecular formula is C18H15Cl2F3N4O4. The molecule has 0 bridgehead atoms. The SMILES string of the molecule is CN(CC(=O)Nc1ccc(Cl)c(C(F)(F)F)c1)CC(=O)Nc1cc(Cl)ccc1[N+](=O)[O-]. The number of halogens is 5. The average molecular weight is 479 g/mol. The summed E-state index contributed by atoms with van der Waals surface area (Å²) in [5.41, 5.74) is -1.68. The minimum Gasteiger partial charge on any atom is -0.325 e. The largest absolute Gasteiger partial charge is 0.417 e. The van der Waals surface area contributed by atoms with Gasteiger partial charge in [-0.25, -0.2) is 0 Å². The van der Waals surface area contributed by atoms with E-state index in [0.717, 1.165) is 12.1 Å². The number of amides is 2. The summed E-state index contributed by atoms with van der Waals surface area (Å²) in [5.74, 6) is -1.34. The average Bonchev–Trinajstić information content (AvgIpc) is 2.61. The highest BCUT2D eigenvalue weighted by Gasteiger charge is 2.33. The lowest BCUT2D eigenvalue weighted by molar-refractivity contribution is -0.383. The Morgan fingerprint density at radius 1 is 1.06 bits per heavy atom. The topological polar surface area (TPSA) is 105 Å². The summed E-state index contributed by atoms with van der Waals surface area (Å²) in [7, 11) is 1.41. The Bertz CT molecular complexity index is 1020. The van der Waals surface area contributed by atoms with Gasteiger partial charge in [-0.15, -0.1) is 0 Å². The molecule has 0 aliphatic heterocycles. The number of benzene rings is 2. The molecule has 0 fully saturated rings.